The molecule has 1 N–H and O–H groups in total. The van der Waals surface area contributed by atoms with Gasteiger partial charge in [-0.1, -0.05) is 30.7 Å². The molecule has 18 heavy (non-hydrogen) atoms. The Morgan fingerprint density at radius 3 is 2.61 bits per heavy atom. The summed E-state index contributed by atoms with van der Waals surface area (Å²) >= 11 is 6.33. The largest absolute Gasteiger partial charge is 0.306 e. The van der Waals surface area contributed by atoms with Crippen LogP contribution in [0.5, 0.6) is 0 Å². The Balaban J connectivity index is 2.41. The zero-order valence-corrected chi connectivity index (χ0v) is 11.3. The third-order valence-electron chi connectivity index (χ3n) is 2.79. The van der Waals surface area contributed by atoms with E-state index >= 15 is 0 Å². The number of benzene rings is 1. The molecule has 0 fully saturated rings. The van der Waals surface area contributed by atoms with Crippen molar-refractivity contribution in [2.45, 2.75) is 19.9 Å². The minimum Gasteiger partial charge on any atom is -0.306 e. The maximum Gasteiger partial charge on any atom is 0.115 e. The number of nitrogens with zero attached hydrogens (tertiary/aromatic N) is 2. The summed E-state index contributed by atoms with van der Waals surface area (Å²) in [7, 11) is 0. The average molecular weight is 262 g/mol. The molecular formula is C14H16ClN3. The van der Waals surface area contributed by atoms with Gasteiger partial charge in [0.2, 0.25) is 0 Å². The van der Waals surface area contributed by atoms with Gasteiger partial charge in [-0.25, -0.2) is 9.97 Å². The predicted octanol–water partition coefficient (Wildman–Crippen LogP) is 3.14. The second-order valence-corrected chi connectivity index (χ2v) is 4.59. The molecule has 2 rings (SSSR count). The van der Waals surface area contributed by atoms with Gasteiger partial charge in [-0.3, -0.25) is 0 Å². The molecule has 0 spiro atoms. The van der Waals surface area contributed by atoms with E-state index < -0.39 is 0 Å². The third-order valence-corrected chi connectivity index (χ3v) is 3.12. The fourth-order valence-corrected chi connectivity index (χ4v) is 2.28. The van der Waals surface area contributed by atoms with Crippen LogP contribution in [-0.2, 0) is 0 Å². The Labute approximate surface area is 112 Å². The number of hydrogen-bond donors (Lipinski definition) is 1. The van der Waals surface area contributed by atoms with Gasteiger partial charge in [0.25, 0.3) is 0 Å². The van der Waals surface area contributed by atoms with Crippen molar-refractivity contribution in [2.24, 2.45) is 0 Å². The molecule has 0 saturated heterocycles. The molecule has 0 aliphatic carbocycles. The van der Waals surface area contributed by atoms with Crippen molar-refractivity contribution >= 4 is 11.6 Å². The molecule has 94 valence electrons. The van der Waals surface area contributed by atoms with Crippen molar-refractivity contribution in [2.75, 3.05) is 6.54 Å². The van der Waals surface area contributed by atoms with Gasteiger partial charge < -0.3 is 5.32 Å². The second-order valence-electron chi connectivity index (χ2n) is 4.19. The maximum absolute atomic E-state index is 6.33. The van der Waals surface area contributed by atoms with E-state index in [1.54, 1.807) is 0 Å². The third kappa shape index (κ3) is 2.86. The summed E-state index contributed by atoms with van der Waals surface area (Å²) < 4.78 is 0. The SMILES string of the molecule is CCNC(c1cncnc1)c1ccc(C)cc1Cl. The van der Waals surface area contributed by atoms with Gasteiger partial charge in [0.15, 0.2) is 0 Å². The number of nitrogens with one attached hydrogen (secondary N) is 1. The van der Waals surface area contributed by atoms with Crippen LogP contribution in [0.25, 0.3) is 0 Å². The second kappa shape index (κ2) is 5.94. The fraction of sp³-hybridized carbons (Fsp3) is 0.286. The summed E-state index contributed by atoms with van der Waals surface area (Å²) in [5.74, 6) is 0. The molecule has 1 aromatic carbocycles. The lowest BCUT2D eigenvalue weighted by Gasteiger charge is -2.19. The van der Waals surface area contributed by atoms with Gasteiger partial charge in [-0.2, -0.15) is 0 Å². The Hall–Kier alpha value is -1.45. The molecule has 1 heterocycles. The Bertz CT molecular complexity index is 514. The van der Waals surface area contributed by atoms with E-state index in [9.17, 15) is 0 Å². The minimum atomic E-state index is 0.0318. The number of hydrogen-bond acceptors (Lipinski definition) is 3. The van der Waals surface area contributed by atoms with Crippen LogP contribution in [0.1, 0.15) is 29.7 Å². The van der Waals surface area contributed by atoms with Crippen molar-refractivity contribution in [1.82, 2.24) is 15.3 Å². The average Bonchev–Trinajstić information content (AvgIpc) is 2.38. The molecule has 4 heteroatoms. The van der Waals surface area contributed by atoms with Crippen molar-refractivity contribution in [3.05, 3.63) is 58.6 Å². The maximum atomic E-state index is 6.33. The molecule has 3 nitrogen and oxygen atoms in total. The van der Waals surface area contributed by atoms with Crippen LogP contribution in [0, 0.1) is 6.92 Å². The smallest absolute Gasteiger partial charge is 0.115 e. The standard InChI is InChI=1S/C14H16ClN3/c1-3-18-14(11-7-16-9-17-8-11)12-5-4-10(2)6-13(12)15/h4-9,14,18H,3H2,1-2H3. The summed E-state index contributed by atoms with van der Waals surface area (Å²) in [6, 6.07) is 6.13. The molecule has 0 bridgehead atoms. The molecule has 0 aliphatic heterocycles. The first-order valence-electron chi connectivity index (χ1n) is 5.96. The molecular weight excluding hydrogens is 246 g/mol. The molecule has 2 aromatic rings. The van der Waals surface area contributed by atoms with Gasteiger partial charge >= 0.3 is 0 Å². The normalized spacial score (nSPS) is 12.4. The van der Waals surface area contributed by atoms with Crippen molar-refractivity contribution in [1.29, 1.82) is 0 Å². The number of aryl methyl sites for hydroxylation is 1. The summed E-state index contributed by atoms with van der Waals surface area (Å²) in [6.07, 6.45) is 5.16. The lowest BCUT2D eigenvalue weighted by molar-refractivity contribution is 0.626. The van der Waals surface area contributed by atoms with Crippen LogP contribution in [0.4, 0.5) is 0 Å². The van der Waals surface area contributed by atoms with Crippen molar-refractivity contribution in [3.63, 3.8) is 0 Å². The van der Waals surface area contributed by atoms with Crippen LogP contribution in [-0.4, -0.2) is 16.5 Å². The quantitative estimate of drug-likeness (QED) is 0.919. The van der Waals surface area contributed by atoms with Gasteiger partial charge in [-0.15, -0.1) is 0 Å². The van der Waals surface area contributed by atoms with Crippen LogP contribution < -0.4 is 5.32 Å². The van der Waals surface area contributed by atoms with E-state index in [0.29, 0.717) is 0 Å². The summed E-state index contributed by atoms with van der Waals surface area (Å²) in [5.41, 5.74) is 3.23. The number of rotatable bonds is 4. The monoisotopic (exact) mass is 261 g/mol. The minimum absolute atomic E-state index is 0.0318. The van der Waals surface area contributed by atoms with E-state index in [0.717, 1.165) is 28.3 Å². The Morgan fingerprint density at radius 1 is 1.28 bits per heavy atom. The van der Waals surface area contributed by atoms with Gasteiger partial charge in [-0.05, 0) is 30.7 Å². The highest BCUT2D eigenvalue weighted by atomic mass is 35.5. The summed E-state index contributed by atoms with van der Waals surface area (Å²) in [5, 5.41) is 4.18. The van der Waals surface area contributed by atoms with Crippen LogP contribution in [0.15, 0.2) is 36.9 Å². The van der Waals surface area contributed by atoms with E-state index in [-0.39, 0.29) is 6.04 Å². The molecule has 1 atom stereocenters. The van der Waals surface area contributed by atoms with Gasteiger partial charge in [0.1, 0.15) is 6.33 Å². The number of halogens is 1. The first kappa shape index (κ1) is 13.0. The van der Waals surface area contributed by atoms with Crippen LogP contribution >= 0.6 is 11.6 Å². The lowest BCUT2D eigenvalue weighted by atomic mass is 10.00. The van der Waals surface area contributed by atoms with Crippen molar-refractivity contribution in [3.8, 4) is 0 Å². The highest BCUT2D eigenvalue weighted by Crippen LogP contribution is 2.28. The zero-order chi connectivity index (χ0) is 13.0. The Kier molecular flexibility index (Phi) is 4.28. The predicted molar refractivity (Wildman–Crippen MR) is 73.7 cm³/mol. The van der Waals surface area contributed by atoms with E-state index in [4.69, 9.17) is 11.6 Å². The first-order valence-corrected chi connectivity index (χ1v) is 6.34. The van der Waals surface area contributed by atoms with Crippen LogP contribution in [0.2, 0.25) is 5.02 Å². The molecule has 0 radical (unpaired) electrons. The van der Waals surface area contributed by atoms with Crippen molar-refractivity contribution < 1.29 is 0 Å². The lowest BCUT2D eigenvalue weighted by Crippen LogP contribution is -2.22. The van der Waals surface area contributed by atoms with E-state index in [2.05, 4.69) is 34.3 Å². The van der Waals surface area contributed by atoms with Gasteiger partial charge in [0.05, 0.1) is 6.04 Å². The van der Waals surface area contributed by atoms with Gasteiger partial charge in [0, 0.05) is 23.0 Å². The summed E-state index contributed by atoms with van der Waals surface area (Å²) in [4.78, 5) is 8.13. The molecule has 0 saturated carbocycles. The van der Waals surface area contributed by atoms with Crippen LogP contribution in [0.3, 0.4) is 0 Å². The fourth-order valence-electron chi connectivity index (χ4n) is 1.94. The molecule has 0 amide bonds. The topological polar surface area (TPSA) is 37.8 Å². The summed E-state index contributed by atoms with van der Waals surface area (Å²) in [6.45, 7) is 4.95. The number of aromatic nitrogens is 2. The van der Waals surface area contributed by atoms with E-state index in [1.807, 2.05) is 25.4 Å². The zero-order valence-electron chi connectivity index (χ0n) is 10.5. The van der Waals surface area contributed by atoms with E-state index in [1.165, 1.54) is 6.33 Å². The highest BCUT2D eigenvalue weighted by Gasteiger charge is 2.16. The first-order chi connectivity index (χ1) is 8.72. The highest BCUT2D eigenvalue weighted by molar-refractivity contribution is 6.31. The Morgan fingerprint density at radius 2 is 2.00 bits per heavy atom. The molecule has 1 aromatic heterocycles. The molecule has 0 aliphatic rings. The molecule has 1 unspecified atom stereocenters.